The molecule has 0 saturated heterocycles. The van der Waals surface area contributed by atoms with Gasteiger partial charge >= 0.3 is 0 Å². The molecule has 0 radical (unpaired) electrons. The number of hydrogen-bond acceptors (Lipinski definition) is 1. The standard InChI is InChI=1S/C9H16N2.C4H10.C2H6/c1-7(2)9-5-10-6-11(9)8(3)4;1-4(2)3;1-2/h5-8H,1-4H3;4H,1-3H3;1-2H3. The predicted molar refractivity (Wildman–Crippen MR) is 78.6 cm³/mol. The minimum absolute atomic E-state index is 0.523. The Morgan fingerprint density at radius 1 is 0.941 bits per heavy atom. The van der Waals surface area contributed by atoms with Gasteiger partial charge in [0.2, 0.25) is 0 Å². The van der Waals surface area contributed by atoms with Gasteiger partial charge in [0.05, 0.1) is 6.33 Å². The maximum Gasteiger partial charge on any atom is 0.0950 e. The zero-order valence-electron chi connectivity index (χ0n) is 13.3. The highest BCUT2D eigenvalue weighted by atomic mass is 15.1. The molecule has 0 bridgehead atoms. The fourth-order valence-electron chi connectivity index (χ4n) is 1.19. The Balaban J connectivity index is 0. The average Bonchev–Trinajstić information content (AvgIpc) is 2.68. The Morgan fingerprint density at radius 2 is 1.35 bits per heavy atom. The van der Waals surface area contributed by atoms with Crippen molar-refractivity contribution in [1.29, 1.82) is 0 Å². The number of nitrogens with zero attached hydrogens (tertiary/aromatic N) is 2. The van der Waals surface area contributed by atoms with Crippen LogP contribution in [0, 0.1) is 5.92 Å². The lowest BCUT2D eigenvalue weighted by atomic mass is 10.1. The molecule has 0 spiro atoms. The minimum atomic E-state index is 0.523. The number of imidazole rings is 1. The molecule has 1 aromatic heterocycles. The van der Waals surface area contributed by atoms with Gasteiger partial charge in [-0.2, -0.15) is 0 Å². The molecule has 0 atom stereocenters. The Labute approximate surface area is 108 Å². The van der Waals surface area contributed by atoms with Crippen LogP contribution in [0.25, 0.3) is 0 Å². The average molecular weight is 240 g/mol. The van der Waals surface area contributed by atoms with Crippen LogP contribution in [0.4, 0.5) is 0 Å². The second-order valence-electron chi connectivity index (χ2n) is 5.21. The third kappa shape index (κ3) is 8.96. The lowest BCUT2D eigenvalue weighted by Crippen LogP contribution is -2.05. The molecular weight excluding hydrogens is 208 g/mol. The molecule has 0 aliphatic carbocycles. The number of rotatable bonds is 2. The van der Waals surface area contributed by atoms with Gasteiger partial charge in [-0.3, -0.25) is 0 Å². The van der Waals surface area contributed by atoms with E-state index in [1.807, 2.05) is 26.4 Å². The summed E-state index contributed by atoms with van der Waals surface area (Å²) in [5, 5.41) is 0. The third-order valence-electron chi connectivity index (χ3n) is 1.84. The normalized spacial score (nSPS) is 9.88. The van der Waals surface area contributed by atoms with Gasteiger partial charge in [0.1, 0.15) is 0 Å². The lowest BCUT2D eigenvalue weighted by molar-refractivity contribution is 0.558. The highest BCUT2D eigenvalue weighted by Gasteiger charge is 2.07. The van der Waals surface area contributed by atoms with Crippen molar-refractivity contribution in [3.05, 3.63) is 18.2 Å². The summed E-state index contributed by atoms with van der Waals surface area (Å²) in [4.78, 5) is 4.13. The van der Waals surface area contributed by atoms with E-state index in [2.05, 4.69) is 58.0 Å². The molecule has 0 amide bonds. The van der Waals surface area contributed by atoms with E-state index >= 15 is 0 Å². The van der Waals surface area contributed by atoms with Crippen LogP contribution >= 0.6 is 0 Å². The van der Waals surface area contributed by atoms with E-state index in [1.165, 1.54) is 5.69 Å². The largest absolute Gasteiger partial charge is 0.332 e. The van der Waals surface area contributed by atoms with E-state index in [9.17, 15) is 0 Å². The van der Waals surface area contributed by atoms with Crippen LogP contribution in [0.1, 0.15) is 80.0 Å². The molecule has 1 aromatic rings. The van der Waals surface area contributed by atoms with Gasteiger partial charge in [0.15, 0.2) is 0 Å². The fourth-order valence-corrected chi connectivity index (χ4v) is 1.19. The first-order chi connectivity index (χ1) is 7.86. The Kier molecular flexibility index (Phi) is 11.3. The Morgan fingerprint density at radius 3 is 1.59 bits per heavy atom. The van der Waals surface area contributed by atoms with Crippen molar-refractivity contribution in [1.82, 2.24) is 9.55 Å². The van der Waals surface area contributed by atoms with Crippen molar-refractivity contribution in [3.63, 3.8) is 0 Å². The van der Waals surface area contributed by atoms with E-state index < -0.39 is 0 Å². The quantitative estimate of drug-likeness (QED) is 0.688. The van der Waals surface area contributed by atoms with Crippen molar-refractivity contribution in [3.8, 4) is 0 Å². The molecule has 0 aliphatic rings. The Hall–Kier alpha value is -0.790. The van der Waals surface area contributed by atoms with Crippen LogP contribution < -0.4 is 0 Å². The van der Waals surface area contributed by atoms with Crippen LogP contribution in [0.5, 0.6) is 0 Å². The molecular formula is C15H32N2. The molecule has 2 nitrogen and oxygen atoms in total. The van der Waals surface area contributed by atoms with Crippen LogP contribution in [0.15, 0.2) is 12.5 Å². The predicted octanol–water partition coefficient (Wildman–Crippen LogP) is 5.28. The highest BCUT2D eigenvalue weighted by molar-refractivity contribution is 5.04. The second kappa shape index (κ2) is 10.4. The summed E-state index contributed by atoms with van der Waals surface area (Å²) in [6.45, 7) is 19.2. The van der Waals surface area contributed by atoms with E-state index in [1.54, 1.807) is 0 Å². The van der Waals surface area contributed by atoms with E-state index in [4.69, 9.17) is 0 Å². The first-order valence-corrected chi connectivity index (χ1v) is 6.88. The van der Waals surface area contributed by atoms with Gasteiger partial charge in [-0.1, -0.05) is 48.5 Å². The Bertz CT molecular complexity index is 234. The smallest absolute Gasteiger partial charge is 0.0950 e. The summed E-state index contributed by atoms with van der Waals surface area (Å²) in [6, 6.07) is 0.523. The molecule has 17 heavy (non-hydrogen) atoms. The molecule has 102 valence electrons. The van der Waals surface area contributed by atoms with Gasteiger partial charge < -0.3 is 4.57 Å². The summed E-state index contributed by atoms with van der Waals surface area (Å²) in [7, 11) is 0. The molecule has 1 rings (SSSR count). The van der Waals surface area contributed by atoms with Crippen molar-refractivity contribution >= 4 is 0 Å². The lowest BCUT2D eigenvalue weighted by Gasteiger charge is -2.13. The highest BCUT2D eigenvalue weighted by Crippen LogP contribution is 2.17. The summed E-state index contributed by atoms with van der Waals surface area (Å²) < 4.78 is 2.21. The number of hydrogen-bond donors (Lipinski definition) is 0. The zero-order valence-corrected chi connectivity index (χ0v) is 13.3. The topological polar surface area (TPSA) is 17.8 Å². The summed E-state index contributed by atoms with van der Waals surface area (Å²) in [5.74, 6) is 1.40. The fraction of sp³-hybridized carbons (Fsp3) is 0.800. The molecule has 2 heteroatoms. The van der Waals surface area contributed by atoms with Gasteiger partial charge in [-0.15, -0.1) is 0 Å². The van der Waals surface area contributed by atoms with Gasteiger partial charge in [-0.25, -0.2) is 4.98 Å². The molecule has 0 unspecified atom stereocenters. The minimum Gasteiger partial charge on any atom is -0.332 e. The van der Waals surface area contributed by atoms with Crippen molar-refractivity contribution in [2.75, 3.05) is 0 Å². The summed E-state index contributed by atoms with van der Waals surface area (Å²) in [5.41, 5.74) is 1.32. The van der Waals surface area contributed by atoms with Gasteiger partial charge in [0.25, 0.3) is 0 Å². The van der Waals surface area contributed by atoms with Gasteiger partial charge in [-0.05, 0) is 25.7 Å². The SMILES string of the molecule is CC.CC(C)C.CC(C)c1cncn1C(C)C. The molecule has 1 heterocycles. The zero-order chi connectivity index (χ0) is 14.0. The van der Waals surface area contributed by atoms with Crippen LogP contribution in [-0.2, 0) is 0 Å². The third-order valence-corrected chi connectivity index (χ3v) is 1.84. The van der Waals surface area contributed by atoms with E-state index in [0.29, 0.717) is 12.0 Å². The first-order valence-electron chi connectivity index (χ1n) is 6.88. The van der Waals surface area contributed by atoms with Crippen molar-refractivity contribution in [2.45, 2.75) is 74.3 Å². The van der Waals surface area contributed by atoms with E-state index in [-0.39, 0.29) is 0 Å². The second-order valence-corrected chi connectivity index (χ2v) is 5.21. The van der Waals surface area contributed by atoms with Crippen molar-refractivity contribution in [2.24, 2.45) is 5.92 Å². The summed E-state index contributed by atoms with van der Waals surface area (Å²) in [6.07, 6.45) is 3.85. The summed E-state index contributed by atoms with van der Waals surface area (Å²) >= 11 is 0. The van der Waals surface area contributed by atoms with Crippen LogP contribution in [0.2, 0.25) is 0 Å². The molecule has 0 fully saturated rings. The first kappa shape index (κ1) is 18.6. The molecule has 0 aromatic carbocycles. The maximum absolute atomic E-state index is 4.13. The molecule has 0 saturated carbocycles. The number of aromatic nitrogens is 2. The molecule has 0 aliphatic heterocycles. The monoisotopic (exact) mass is 240 g/mol. The van der Waals surface area contributed by atoms with Crippen LogP contribution in [0.3, 0.4) is 0 Å². The maximum atomic E-state index is 4.13. The molecule has 0 N–H and O–H groups in total. The van der Waals surface area contributed by atoms with E-state index in [0.717, 1.165) is 5.92 Å². The van der Waals surface area contributed by atoms with Crippen molar-refractivity contribution < 1.29 is 0 Å². The van der Waals surface area contributed by atoms with Gasteiger partial charge in [0, 0.05) is 17.9 Å². The van der Waals surface area contributed by atoms with Crippen LogP contribution in [-0.4, -0.2) is 9.55 Å².